The van der Waals surface area contributed by atoms with Crippen molar-refractivity contribution in [1.82, 2.24) is 0 Å². The van der Waals surface area contributed by atoms with Crippen LogP contribution in [0, 0.1) is 0 Å². The molecule has 0 bridgehead atoms. The molecule has 1 aromatic rings. The number of esters is 1. The van der Waals surface area contributed by atoms with E-state index in [0.717, 1.165) is 19.3 Å². The third-order valence-corrected chi connectivity index (χ3v) is 8.68. The van der Waals surface area contributed by atoms with Gasteiger partial charge in [0.1, 0.15) is 0 Å². The Balaban J connectivity index is 2.62. The minimum atomic E-state index is -1.20. The maximum absolute atomic E-state index is 12.4. The van der Waals surface area contributed by atoms with Crippen molar-refractivity contribution in [1.29, 1.82) is 0 Å². The molecule has 0 unspecified atom stereocenters. The molecule has 1 aromatic carbocycles. The average molecular weight is 622 g/mol. The highest BCUT2D eigenvalue weighted by molar-refractivity contribution is 9.15. The zero-order chi connectivity index (χ0) is 19.7. The maximum atomic E-state index is 12.4. The van der Waals surface area contributed by atoms with E-state index in [1.54, 1.807) is 0 Å². The summed E-state index contributed by atoms with van der Waals surface area (Å²) in [7, 11) is 0. The van der Waals surface area contributed by atoms with Crippen LogP contribution >= 0.6 is 63.7 Å². The number of rotatable bonds is 11. The van der Waals surface area contributed by atoms with Gasteiger partial charge < -0.3 is 9.84 Å². The molecule has 0 aliphatic carbocycles. The average Bonchev–Trinajstić information content (AvgIpc) is 2.60. The Kier molecular flexibility index (Phi) is 11.6. The summed E-state index contributed by atoms with van der Waals surface area (Å²) in [5.74, 6) is -1.85. The van der Waals surface area contributed by atoms with E-state index in [-0.39, 0.29) is 17.7 Å². The third-order valence-electron chi connectivity index (χ3n) is 3.92. The van der Waals surface area contributed by atoms with Gasteiger partial charge in [-0.3, -0.25) is 0 Å². The van der Waals surface area contributed by atoms with Crippen LogP contribution in [0.3, 0.4) is 0 Å². The van der Waals surface area contributed by atoms with Gasteiger partial charge in [0.2, 0.25) is 0 Å². The second-order valence-corrected chi connectivity index (χ2v) is 9.09. The first-order valence-corrected chi connectivity index (χ1v) is 11.8. The predicted molar refractivity (Wildman–Crippen MR) is 117 cm³/mol. The van der Waals surface area contributed by atoms with Crippen LogP contribution in [0.1, 0.15) is 79.0 Å². The number of carbonyl (C=O) groups excluding carboxylic acids is 1. The zero-order valence-corrected chi connectivity index (χ0v) is 20.9. The van der Waals surface area contributed by atoms with Crippen molar-refractivity contribution in [3.63, 3.8) is 0 Å². The smallest absolute Gasteiger partial charge is 0.340 e. The molecule has 26 heavy (non-hydrogen) atoms. The second-order valence-electron chi connectivity index (χ2n) is 5.92. The van der Waals surface area contributed by atoms with Crippen molar-refractivity contribution >= 4 is 75.7 Å². The van der Waals surface area contributed by atoms with Gasteiger partial charge in [0, 0.05) is 17.9 Å². The van der Waals surface area contributed by atoms with Crippen LogP contribution in [-0.4, -0.2) is 23.7 Å². The van der Waals surface area contributed by atoms with Crippen molar-refractivity contribution < 1.29 is 19.4 Å². The first-order chi connectivity index (χ1) is 12.3. The van der Waals surface area contributed by atoms with Crippen LogP contribution < -0.4 is 0 Å². The Morgan fingerprint density at radius 3 is 1.73 bits per heavy atom. The van der Waals surface area contributed by atoms with E-state index in [9.17, 15) is 14.7 Å². The normalized spacial score (nSPS) is 10.8. The molecule has 0 radical (unpaired) electrons. The van der Waals surface area contributed by atoms with Gasteiger partial charge in [0.15, 0.2) is 0 Å². The highest BCUT2D eigenvalue weighted by atomic mass is 79.9. The number of aromatic carboxylic acids is 1. The minimum absolute atomic E-state index is 0.000911. The molecule has 146 valence electrons. The fourth-order valence-electron chi connectivity index (χ4n) is 2.50. The fraction of sp³-hybridized carbons (Fsp3) is 0.556. The van der Waals surface area contributed by atoms with Gasteiger partial charge in [-0.05, 0) is 70.1 Å². The molecule has 0 spiro atoms. The zero-order valence-electron chi connectivity index (χ0n) is 14.5. The Hall–Kier alpha value is 0.0800. The predicted octanol–water partition coefficient (Wildman–Crippen LogP) is 7.73. The van der Waals surface area contributed by atoms with Gasteiger partial charge in [-0.1, -0.05) is 51.9 Å². The van der Waals surface area contributed by atoms with E-state index >= 15 is 0 Å². The molecule has 8 heteroatoms. The quantitative estimate of drug-likeness (QED) is 0.119. The lowest BCUT2D eigenvalue weighted by molar-refractivity contribution is 0.0486. The number of unbranched alkanes of at least 4 members (excludes halogenated alkanes) is 7. The highest BCUT2D eigenvalue weighted by Gasteiger charge is 2.28. The molecular formula is C18H22Br4O4. The number of halogens is 4. The monoisotopic (exact) mass is 618 g/mol. The van der Waals surface area contributed by atoms with Crippen LogP contribution in [-0.2, 0) is 4.74 Å². The Morgan fingerprint density at radius 2 is 1.23 bits per heavy atom. The molecule has 0 aliphatic heterocycles. The number of benzene rings is 1. The largest absolute Gasteiger partial charge is 0.478 e. The molecule has 1 N–H and O–H groups in total. The second kappa shape index (κ2) is 12.5. The topological polar surface area (TPSA) is 63.6 Å². The summed E-state index contributed by atoms with van der Waals surface area (Å²) in [5.41, 5.74) is -0.133. The highest BCUT2D eigenvalue weighted by Crippen LogP contribution is 2.42. The van der Waals surface area contributed by atoms with Crippen LogP contribution in [0.25, 0.3) is 0 Å². The van der Waals surface area contributed by atoms with Crippen LogP contribution in [0.5, 0.6) is 0 Å². The van der Waals surface area contributed by atoms with Crippen molar-refractivity contribution in [2.24, 2.45) is 0 Å². The molecule has 0 saturated carbocycles. The van der Waals surface area contributed by atoms with Crippen molar-refractivity contribution in [3.05, 3.63) is 29.0 Å². The van der Waals surface area contributed by atoms with E-state index in [0.29, 0.717) is 17.9 Å². The van der Waals surface area contributed by atoms with Gasteiger partial charge in [-0.25, -0.2) is 9.59 Å². The summed E-state index contributed by atoms with van der Waals surface area (Å²) in [5, 5.41) is 9.47. The molecule has 0 atom stereocenters. The van der Waals surface area contributed by atoms with E-state index in [1.807, 2.05) is 0 Å². The maximum Gasteiger partial charge on any atom is 0.340 e. The fourth-order valence-corrected chi connectivity index (χ4v) is 4.95. The first-order valence-electron chi connectivity index (χ1n) is 8.59. The molecule has 0 saturated heterocycles. The summed E-state index contributed by atoms with van der Waals surface area (Å²) in [6.07, 6.45) is 9.17. The number of carboxylic acids is 1. The number of carbonyl (C=O) groups is 2. The summed E-state index contributed by atoms with van der Waals surface area (Å²) < 4.78 is 7.01. The lowest BCUT2D eigenvalue weighted by Crippen LogP contribution is -2.15. The van der Waals surface area contributed by atoms with Crippen molar-refractivity contribution in [2.75, 3.05) is 6.61 Å². The van der Waals surface area contributed by atoms with Gasteiger partial charge in [-0.2, -0.15) is 0 Å². The van der Waals surface area contributed by atoms with Crippen molar-refractivity contribution in [3.8, 4) is 0 Å². The SMILES string of the molecule is CCCCCCCCCCOC(=O)c1c(Br)c(Br)c(Br)c(Br)c1C(=O)O. The molecular weight excluding hydrogens is 600 g/mol. The van der Waals surface area contributed by atoms with E-state index in [1.165, 1.54) is 32.1 Å². The Labute approximate surface area is 188 Å². The summed E-state index contributed by atoms with van der Waals surface area (Å²) >= 11 is 13.1. The molecule has 4 nitrogen and oxygen atoms in total. The van der Waals surface area contributed by atoms with E-state index in [2.05, 4.69) is 70.6 Å². The van der Waals surface area contributed by atoms with Crippen LogP contribution in [0.15, 0.2) is 17.9 Å². The number of hydrogen-bond donors (Lipinski definition) is 1. The molecule has 0 aromatic heterocycles. The van der Waals surface area contributed by atoms with E-state index in [4.69, 9.17) is 4.74 Å². The van der Waals surface area contributed by atoms with Crippen molar-refractivity contribution in [2.45, 2.75) is 58.3 Å². The van der Waals surface area contributed by atoms with Crippen LogP contribution in [0.4, 0.5) is 0 Å². The molecule has 0 heterocycles. The minimum Gasteiger partial charge on any atom is -0.478 e. The molecule has 0 amide bonds. The number of carboxylic acid groups (broad SMARTS) is 1. The third kappa shape index (κ3) is 6.91. The number of hydrogen-bond acceptors (Lipinski definition) is 3. The van der Waals surface area contributed by atoms with Gasteiger partial charge in [0.25, 0.3) is 0 Å². The van der Waals surface area contributed by atoms with Crippen LogP contribution in [0.2, 0.25) is 0 Å². The molecule has 0 fully saturated rings. The van der Waals surface area contributed by atoms with E-state index < -0.39 is 11.9 Å². The van der Waals surface area contributed by atoms with Gasteiger partial charge in [-0.15, -0.1) is 0 Å². The van der Waals surface area contributed by atoms with Gasteiger partial charge in [0.05, 0.1) is 17.7 Å². The summed E-state index contributed by atoms with van der Waals surface area (Å²) in [6, 6.07) is 0. The molecule has 0 aliphatic rings. The number of ether oxygens (including phenoxy) is 1. The lowest BCUT2D eigenvalue weighted by Gasteiger charge is -2.14. The molecule has 1 rings (SSSR count). The summed E-state index contributed by atoms with van der Waals surface area (Å²) in [4.78, 5) is 24.0. The standard InChI is InChI=1S/C18H22Br4O4/c1-2-3-4-5-6-7-8-9-10-26-18(25)12-11(17(23)24)13(19)15(21)16(22)14(12)20/h2-10H2,1H3,(H,23,24). The van der Waals surface area contributed by atoms with Gasteiger partial charge >= 0.3 is 11.9 Å². The lowest BCUT2D eigenvalue weighted by atomic mass is 10.1. The first kappa shape index (κ1) is 24.1. The Morgan fingerprint density at radius 1 is 0.769 bits per heavy atom. The summed E-state index contributed by atoms with van der Waals surface area (Å²) in [6.45, 7) is 2.48. The Bertz CT molecular complexity index is 647.